The van der Waals surface area contributed by atoms with E-state index in [1.54, 1.807) is 10.6 Å². The van der Waals surface area contributed by atoms with E-state index in [0.717, 1.165) is 11.9 Å². The summed E-state index contributed by atoms with van der Waals surface area (Å²) >= 11 is 5.86. The fraction of sp³-hybridized carbons (Fsp3) is 0.400. The second-order valence-electron chi connectivity index (χ2n) is 3.54. The number of rotatable bonds is 2. The van der Waals surface area contributed by atoms with Crippen LogP contribution in [0.4, 0.5) is 0 Å². The second kappa shape index (κ2) is 3.70. The zero-order valence-corrected chi connectivity index (χ0v) is 9.36. The minimum Gasteiger partial charge on any atom is -0.480 e. The Labute approximate surface area is 92.5 Å². The van der Waals surface area contributed by atoms with Crippen molar-refractivity contribution in [2.45, 2.75) is 26.3 Å². The van der Waals surface area contributed by atoms with Gasteiger partial charge in [-0.05, 0) is 19.4 Å². The van der Waals surface area contributed by atoms with E-state index in [1.165, 1.54) is 6.20 Å². The molecule has 0 fully saturated rings. The van der Waals surface area contributed by atoms with Crippen LogP contribution in [0, 0.1) is 0 Å². The number of aromatic hydroxyl groups is 1. The van der Waals surface area contributed by atoms with E-state index in [4.69, 9.17) is 11.6 Å². The van der Waals surface area contributed by atoms with Crippen LogP contribution in [0.2, 0.25) is 5.02 Å². The first-order valence-corrected chi connectivity index (χ1v) is 5.23. The molecule has 0 aliphatic carbocycles. The maximum atomic E-state index is 9.70. The molecule has 5 heteroatoms. The molecule has 2 aromatic rings. The number of fused-ring (bicyclic) bond motifs is 1. The lowest BCUT2D eigenvalue weighted by molar-refractivity contribution is 0.377. The van der Waals surface area contributed by atoms with Crippen LogP contribution in [0.5, 0.6) is 6.01 Å². The van der Waals surface area contributed by atoms with E-state index >= 15 is 0 Å². The largest absolute Gasteiger partial charge is 0.480 e. The first-order chi connectivity index (χ1) is 7.13. The van der Waals surface area contributed by atoms with Gasteiger partial charge in [-0.25, -0.2) is 4.98 Å². The summed E-state index contributed by atoms with van der Waals surface area (Å²) in [7, 11) is 0. The van der Waals surface area contributed by atoms with Gasteiger partial charge in [-0.1, -0.05) is 18.5 Å². The first-order valence-electron chi connectivity index (χ1n) is 4.86. The first kappa shape index (κ1) is 10.2. The Morgan fingerprint density at radius 2 is 2.33 bits per heavy atom. The predicted octanol–water partition coefficient (Wildman–Crippen LogP) is 2.76. The number of hydrogen-bond donors (Lipinski definition) is 1. The summed E-state index contributed by atoms with van der Waals surface area (Å²) in [6.45, 7) is 4.07. The fourth-order valence-electron chi connectivity index (χ4n) is 1.56. The van der Waals surface area contributed by atoms with Crippen LogP contribution in [0.25, 0.3) is 11.2 Å². The van der Waals surface area contributed by atoms with Gasteiger partial charge in [0.15, 0.2) is 5.65 Å². The Bertz CT molecular complexity index is 495. The van der Waals surface area contributed by atoms with Gasteiger partial charge < -0.3 is 5.11 Å². The van der Waals surface area contributed by atoms with Gasteiger partial charge in [-0.15, -0.1) is 0 Å². The zero-order chi connectivity index (χ0) is 11.0. The van der Waals surface area contributed by atoms with Crippen LogP contribution < -0.4 is 0 Å². The SMILES string of the molecule is CC[C@@H](C)n1c(O)nc2ncc(Cl)cc21. The standard InChI is InChI=1S/C10H12ClN3O/c1-3-6(2)14-8-4-7(11)5-12-9(8)13-10(14)15/h4-6H,3H2,1-2H3,(H,12,13,15)/t6-/m1/s1. The van der Waals surface area contributed by atoms with Crippen molar-refractivity contribution in [1.29, 1.82) is 0 Å². The highest BCUT2D eigenvalue weighted by molar-refractivity contribution is 6.31. The molecule has 0 aliphatic heterocycles. The van der Waals surface area contributed by atoms with Crippen LogP contribution in [-0.2, 0) is 0 Å². The Hall–Kier alpha value is -1.29. The Morgan fingerprint density at radius 1 is 1.60 bits per heavy atom. The van der Waals surface area contributed by atoms with E-state index in [0.29, 0.717) is 10.7 Å². The molecule has 0 unspecified atom stereocenters. The van der Waals surface area contributed by atoms with Crippen molar-refractivity contribution in [1.82, 2.24) is 14.5 Å². The molecule has 1 N–H and O–H groups in total. The van der Waals surface area contributed by atoms with E-state index in [9.17, 15) is 5.11 Å². The Kier molecular flexibility index (Phi) is 2.52. The lowest BCUT2D eigenvalue weighted by Crippen LogP contribution is -2.02. The third kappa shape index (κ3) is 1.65. The summed E-state index contributed by atoms with van der Waals surface area (Å²) in [6, 6.07) is 1.94. The average Bonchev–Trinajstić information content (AvgIpc) is 2.52. The molecule has 2 rings (SSSR count). The number of nitrogens with zero attached hydrogens (tertiary/aromatic N) is 3. The van der Waals surface area contributed by atoms with Crippen molar-refractivity contribution in [3.8, 4) is 6.01 Å². The fourth-order valence-corrected chi connectivity index (χ4v) is 1.71. The average molecular weight is 226 g/mol. The molecule has 2 aromatic heterocycles. The van der Waals surface area contributed by atoms with Crippen molar-refractivity contribution in [3.05, 3.63) is 17.3 Å². The molecule has 15 heavy (non-hydrogen) atoms. The molecule has 0 saturated heterocycles. The lowest BCUT2D eigenvalue weighted by Gasteiger charge is -2.12. The molecule has 0 aromatic carbocycles. The summed E-state index contributed by atoms with van der Waals surface area (Å²) < 4.78 is 1.74. The summed E-state index contributed by atoms with van der Waals surface area (Å²) in [5.74, 6) is 0. The summed E-state index contributed by atoms with van der Waals surface area (Å²) in [6.07, 6.45) is 2.43. The second-order valence-corrected chi connectivity index (χ2v) is 3.97. The minimum absolute atomic E-state index is 0.00545. The molecule has 0 bridgehead atoms. The lowest BCUT2D eigenvalue weighted by atomic mass is 10.2. The molecule has 4 nitrogen and oxygen atoms in total. The maximum absolute atomic E-state index is 9.70. The molecular formula is C10H12ClN3O. The van der Waals surface area contributed by atoms with Crippen LogP contribution >= 0.6 is 11.6 Å². The van der Waals surface area contributed by atoms with Gasteiger partial charge in [-0.2, -0.15) is 4.98 Å². The van der Waals surface area contributed by atoms with Crippen molar-refractivity contribution in [2.75, 3.05) is 0 Å². The van der Waals surface area contributed by atoms with E-state index in [-0.39, 0.29) is 12.1 Å². The summed E-state index contributed by atoms with van der Waals surface area (Å²) in [4.78, 5) is 8.03. The highest BCUT2D eigenvalue weighted by Crippen LogP contribution is 2.26. The molecule has 0 saturated carbocycles. The van der Waals surface area contributed by atoms with Gasteiger partial charge >= 0.3 is 0 Å². The van der Waals surface area contributed by atoms with Crippen molar-refractivity contribution < 1.29 is 5.11 Å². The summed E-state index contributed by atoms with van der Waals surface area (Å²) in [5.41, 5.74) is 1.30. The van der Waals surface area contributed by atoms with Gasteiger partial charge in [0.2, 0.25) is 0 Å². The van der Waals surface area contributed by atoms with E-state index < -0.39 is 0 Å². The van der Waals surface area contributed by atoms with Gasteiger partial charge in [-0.3, -0.25) is 4.57 Å². The van der Waals surface area contributed by atoms with Gasteiger partial charge in [0.1, 0.15) is 0 Å². The number of hydrogen-bond acceptors (Lipinski definition) is 3. The smallest absolute Gasteiger partial charge is 0.296 e. The normalized spacial score (nSPS) is 13.3. The third-order valence-electron chi connectivity index (χ3n) is 2.53. The van der Waals surface area contributed by atoms with E-state index in [2.05, 4.69) is 9.97 Å². The molecule has 0 spiro atoms. The van der Waals surface area contributed by atoms with Gasteiger partial charge in [0.25, 0.3) is 6.01 Å². The minimum atomic E-state index is -0.00545. The molecule has 0 amide bonds. The maximum Gasteiger partial charge on any atom is 0.296 e. The molecule has 2 heterocycles. The number of aromatic nitrogens is 3. The highest BCUT2D eigenvalue weighted by Gasteiger charge is 2.14. The molecule has 0 aliphatic rings. The highest BCUT2D eigenvalue weighted by atomic mass is 35.5. The quantitative estimate of drug-likeness (QED) is 0.855. The van der Waals surface area contributed by atoms with Crippen LogP contribution in [0.15, 0.2) is 12.3 Å². The summed E-state index contributed by atoms with van der Waals surface area (Å²) in [5, 5.41) is 10.2. The van der Waals surface area contributed by atoms with Crippen molar-refractivity contribution in [2.24, 2.45) is 0 Å². The van der Waals surface area contributed by atoms with Crippen molar-refractivity contribution in [3.63, 3.8) is 0 Å². The van der Waals surface area contributed by atoms with Crippen molar-refractivity contribution >= 4 is 22.8 Å². The number of imidazole rings is 1. The topological polar surface area (TPSA) is 50.9 Å². The molecule has 80 valence electrons. The van der Waals surface area contributed by atoms with Gasteiger partial charge in [0, 0.05) is 12.2 Å². The van der Waals surface area contributed by atoms with Crippen LogP contribution in [0.3, 0.4) is 0 Å². The van der Waals surface area contributed by atoms with Crippen LogP contribution in [0.1, 0.15) is 26.3 Å². The predicted molar refractivity (Wildman–Crippen MR) is 59.2 cm³/mol. The number of pyridine rings is 1. The number of halogens is 1. The zero-order valence-electron chi connectivity index (χ0n) is 8.61. The van der Waals surface area contributed by atoms with Gasteiger partial charge in [0.05, 0.1) is 10.5 Å². The Balaban J connectivity index is 2.70. The molecular weight excluding hydrogens is 214 g/mol. The molecule has 1 atom stereocenters. The molecule has 0 radical (unpaired) electrons. The monoisotopic (exact) mass is 225 g/mol. The van der Waals surface area contributed by atoms with E-state index in [1.807, 2.05) is 13.8 Å². The van der Waals surface area contributed by atoms with Crippen LogP contribution in [-0.4, -0.2) is 19.6 Å². The Morgan fingerprint density at radius 3 is 3.00 bits per heavy atom. The third-order valence-corrected chi connectivity index (χ3v) is 2.73.